The zero-order valence-corrected chi connectivity index (χ0v) is 11.5. The van der Waals surface area contributed by atoms with Crippen LogP contribution in [0.25, 0.3) is 0 Å². The zero-order valence-electron chi connectivity index (χ0n) is 9.91. The number of anilines is 1. The van der Waals surface area contributed by atoms with Gasteiger partial charge in [0.1, 0.15) is 4.90 Å². The summed E-state index contributed by atoms with van der Waals surface area (Å²) in [6.45, 7) is 3.06. The highest BCUT2D eigenvalue weighted by Crippen LogP contribution is 2.23. The third-order valence-corrected chi connectivity index (χ3v) is 5.55. The van der Waals surface area contributed by atoms with Crippen LogP contribution < -0.4 is 11.3 Å². The van der Waals surface area contributed by atoms with Gasteiger partial charge in [-0.1, -0.05) is 6.92 Å². The van der Waals surface area contributed by atoms with E-state index in [1.54, 1.807) is 11.8 Å². The third-order valence-electron chi connectivity index (χ3n) is 2.60. The number of hydrogen-bond donors (Lipinski definition) is 2. The second-order valence-corrected chi connectivity index (χ2v) is 7.42. The molecule has 1 aromatic rings. The summed E-state index contributed by atoms with van der Waals surface area (Å²) < 4.78 is 26.1. The number of hydrogen-bond acceptors (Lipinski definition) is 7. The first-order valence-electron chi connectivity index (χ1n) is 5.44. The molecule has 2 rings (SSSR count). The van der Waals surface area contributed by atoms with E-state index in [4.69, 9.17) is 5.84 Å². The Hall–Kier alpha value is -0.900. The van der Waals surface area contributed by atoms with Gasteiger partial charge in [0, 0.05) is 24.1 Å². The maximum atomic E-state index is 12.3. The van der Waals surface area contributed by atoms with Gasteiger partial charge in [0.05, 0.1) is 12.4 Å². The number of nitrogens with two attached hydrogens (primary N) is 1. The Morgan fingerprint density at radius 1 is 1.50 bits per heavy atom. The summed E-state index contributed by atoms with van der Waals surface area (Å²) in [4.78, 5) is 7.74. The number of nitrogens with one attached hydrogen (secondary N) is 1. The third kappa shape index (κ3) is 2.74. The summed E-state index contributed by atoms with van der Waals surface area (Å²) in [6, 6.07) is 0. The predicted octanol–water partition coefficient (Wildman–Crippen LogP) is -0.112. The van der Waals surface area contributed by atoms with Gasteiger partial charge in [-0.05, 0) is 0 Å². The molecule has 1 atom stereocenters. The van der Waals surface area contributed by atoms with E-state index >= 15 is 0 Å². The summed E-state index contributed by atoms with van der Waals surface area (Å²) in [5.41, 5.74) is 2.26. The average Bonchev–Trinajstić information content (AvgIpc) is 2.39. The van der Waals surface area contributed by atoms with Crippen molar-refractivity contribution >= 4 is 27.7 Å². The van der Waals surface area contributed by atoms with Crippen molar-refractivity contribution in [2.75, 3.05) is 24.3 Å². The van der Waals surface area contributed by atoms with Crippen molar-refractivity contribution in [1.82, 2.24) is 14.3 Å². The lowest BCUT2D eigenvalue weighted by atomic mass is 10.4. The molecular weight excluding hydrogens is 274 g/mol. The maximum absolute atomic E-state index is 12.3. The number of nitrogens with zero attached hydrogens (tertiary/aromatic N) is 3. The molecule has 100 valence electrons. The van der Waals surface area contributed by atoms with E-state index in [0.717, 1.165) is 5.75 Å². The van der Waals surface area contributed by atoms with E-state index in [9.17, 15) is 8.42 Å². The highest BCUT2D eigenvalue weighted by molar-refractivity contribution is 8.00. The fourth-order valence-corrected chi connectivity index (χ4v) is 4.32. The number of nitrogen functional groups attached to an aromatic ring is 1. The van der Waals surface area contributed by atoms with Crippen LogP contribution in [-0.4, -0.2) is 46.8 Å². The Morgan fingerprint density at radius 3 is 2.72 bits per heavy atom. The van der Waals surface area contributed by atoms with Crippen molar-refractivity contribution in [3.63, 3.8) is 0 Å². The molecule has 0 saturated carbocycles. The first-order chi connectivity index (χ1) is 8.54. The van der Waals surface area contributed by atoms with Crippen LogP contribution in [0.4, 0.5) is 5.95 Å². The summed E-state index contributed by atoms with van der Waals surface area (Å²) in [5.74, 6) is 6.13. The van der Waals surface area contributed by atoms with Gasteiger partial charge in [-0.15, -0.1) is 0 Å². The number of hydrazine groups is 1. The quantitative estimate of drug-likeness (QED) is 0.591. The van der Waals surface area contributed by atoms with Crippen molar-refractivity contribution in [2.24, 2.45) is 5.84 Å². The maximum Gasteiger partial charge on any atom is 0.246 e. The van der Waals surface area contributed by atoms with E-state index in [-0.39, 0.29) is 10.8 Å². The Kier molecular flexibility index (Phi) is 4.05. The molecule has 2 heterocycles. The van der Waals surface area contributed by atoms with Gasteiger partial charge < -0.3 is 0 Å². The minimum absolute atomic E-state index is 0.0978. The van der Waals surface area contributed by atoms with Crippen LogP contribution in [0.1, 0.15) is 6.92 Å². The molecule has 0 spiro atoms. The van der Waals surface area contributed by atoms with E-state index in [0.29, 0.717) is 18.3 Å². The van der Waals surface area contributed by atoms with Gasteiger partial charge in [-0.3, -0.25) is 5.43 Å². The molecule has 0 amide bonds. The van der Waals surface area contributed by atoms with Gasteiger partial charge in [-0.2, -0.15) is 16.1 Å². The normalized spacial score (nSPS) is 21.8. The molecule has 1 fully saturated rings. The molecule has 0 radical (unpaired) electrons. The van der Waals surface area contributed by atoms with Crippen LogP contribution in [0.3, 0.4) is 0 Å². The van der Waals surface area contributed by atoms with E-state index in [2.05, 4.69) is 15.4 Å². The second-order valence-electron chi connectivity index (χ2n) is 3.93. The molecule has 9 heteroatoms. The highest BCUT2D eigenvalue weighted by Gasteiger charge is 2.29. The lowest BCUT2D eigenvalue weighted by molar-refractivity contribution is 0.424. The summed E-state index contributed by atoms with van der Waals surface area (Å²) in [7, 11) is -3.49. The zero-order chi connectivity index (χ0) is 13.2. The Balaban J connectivity index is 2.23. The fraction of sp³-hybridized carbons (Fsp3) is 0.556. The van der Waals surface area contributed by atoms with Gasteiger partial charge in [-0.25, -0.2) is 24.2 Å². The molecule has 18 heavy (non-hydrogen) atoms. The molecule has 1 aliphatic heterocycles. The summed E-state index contributed by atoms with van der Waals surface area (Å²) in [6.07, 6.45) is 2.54. The van der Waals surface area contributed by atoms with Crippen molar-refractivity contribution < 1.29 is 8.42 Å². The number of aromatic nitrogens is 2. The molecule has 0 bridgehead atoms. The van der Waals surface area contributed by atoms with Crippen LogP contribution in [0.5, 0.6) is 0 Å². The Morgan fingerprint density at radius 2 is 2.17 bits per heavy atom. The Bertz CT molecular complexity index is 504. The lowest BCUT2D eigenvalue weighted by Crippen LogP contribution is -2.41. The monoisotopic (exact) mass is 289 g/mol. The van der Waals surface area contributed by atoms with Crippen LogP contribution in [0, 0.1) is 0 Å². The smallest absolute Gasteiger partial charge is 0.246 e. The van der Waals surface area contributed by atoms with Gasteiger partial charge in [0.2, 0.25) is 16.0 Å². The molecular formula is C9H15N5O2S2. The first-order valence-corrected chi connectivity index (χ1v) is 7.93. The topological polar surface area (TPSA) is 101 Å². The Labute approximate surface area is 110 Å². The predicted molar refractivity (Wildman–Crippen MR) is 70.5 cm³/mol. The SMILES string of the molecule is CC1CN(S(=O)(=O)c2cnc(NN)nc2)CCS1. The number of sulfonamides is 1. The van der Waals surface area contributed by atoms with Crippen LogP contribution in [0.2, 0.25) is 0 Å². The molecule has 1 unspecified atom stereocenters. The van der Waals surface area contributed by atoms with Crippen molar-refractivity contribution in [2.45, 2.75) is 17.1 Å². The first kappa shape index (κ1) is 13.5. The molecule has 1 aliphatic rings. The molecule has 1 aromatic heterocycles. The van der Waals surface area contributed by atoms with Crippen LogP contribution >= 0.6 is 11.8 Å². The molecule has 0 aliphatic carbocycles. The number of rotatable bonds is 3. The van der Waals surface area contributed by atoms with Crippen LogP contribution in [-0.2, 0) is 10.0 Å². The van der Waals surface area contributed by atoms with E-state index < -0.39 is 10.0 Å². The minimum atomic E-state index is -3.49. The van der Waals surface area contributed by atoms with Crippen molar-refractivity contribution in [1.29, 1.82) is 0 Å². The summed E-state index contributed by atoms with van der Waals surface area (Å²) >= 11 is 1.78. The second kappa shape index (κ2) is 5.39. The van der Waals surface area contributed by atoms with E-state index in [1.807, 2.05) is 6.92 Å². The van der Waals surface area contributed by atoms with E-state index in [1.165, 1.54) is 16.7 Å². The fourth-order valence-electron chi connectivity index (χ4n) is 1.68. The van der Waals surface area contributed by atoms with Gasteiger partial charge in [0.15, 0.2) is 0 Å². The molecule has 0 aromatic carbocycles. The van der Waals surface area contributed by atoms with Crippen molar-refractivity contribution in [3.05, 3.63) is 12.4 Å². The molecule has 7 nitrogen and oxygen atoms in total. The molecule has 3 N–H and O–H groups in total. The highest BCUT2D eigenvalue weighted by atomic mass is 32.2. The standard InChI is InChI=1S/C9H15N5O2S2/c1-7-6-14(2-3-17-7)18(15,16)8-4-11-9(13-10)12-5-8/h4-5,7H,2-3,6,10H2,1H3,(H,11,12,13). The van der Waals surface area contributed by atoms with Crippen molar-refractivity contribution in [3.8, 4) is 0 Å². The molecule has 1 saturated heterocycles. The number of thioether (sulfide) groups is 1. The van der Waals surface area contributed by atoms with Crippen LogP contribution in [0.15, 0.2) is 17.3 Å². The minimum Gasteiger partial charge on any atom is -0.292 e. The largest absolute Gasteiger partial charge is 0.292 e. The average molecular weight is 289 g/mol. The van der Waals surface area contributed by atoms with Gasteiger partial charge >= 0.3 is 0 Å². The summed E-state index contributed by atoms with van der Waals surface area (Å²) in [5, 5.41) is 0.305. The lowest BCUT2D eigenvalue weighted by Gasteiger charge is -2.29. The van der Waals surface area contributed by atoms with Gasteiger partial charge in [0.25, 0.3) is 0 Å².